The Morgan fingerprint density at radius 1 is 1.16 bits per heavy atom. The van der Waals surface area contributed by atoms with E-state index in [9.17, 15) is 9.90 Å². The van der Waals surface area contributed by atoms with Crippen LogP contribution in [0.25, 0.3) is 0 Å². The van der Waals surface area contributed by atoms with Gasteiger partial charge in [-0.3, -0.25) is 14.7 Å². The van der Waals surface area contributed by atoms with Crippen LogP contribution in [0.1, 0.15) is 17.5 Å². The molecule has 1 saturated heterocycles. The Morgan fingerprint density at radius 2 is 2.04 bits per heavy atom. The number of hydrogen-bond acceptors (Lipinski definition) is 4. The van der Waals surface area contributed by atoms with Crippen molar-refractivity contribution < 1.29 is 9.90 Å². The van der Waals surface area contributed by atoms with E-state index in [1.807, 2.05) is 17.2 Å². The quantitative estimate of drug-likeness (QED) is 0.912. The molecular formula is C19H22ClN3O2. The average molecular weight is 360 g/mol. The van der Waals surface area contributed by atoms with Crippen LogP contribution in [0.15, 0.2) is 42.7 Å². The summed E-state index contributed by atoms with van der Waals surface area (Å²) < 4.78 is 0. The number of halogens is 1. The molecule has 0 saturated carbocycles. The lowest BCUT2D eigenvalue weighted by atomic mass is 10.1. The second-order valence-corrected chi connectivity index (χ2v) is 6.74. The first-order valence-electron chi connectivity index (χ1n) is 8.48. The number of aromatic nitrogens is 1. The van der Waals surface area contributed by atoms with Crippen LogP contribution in [0.5, 0.6) is 5.75 Å². The fourth-order valence-corrected chi connectivity index (χ4v) is 3.28. The minimum absolute atomic E-state index is 0.0404. The van der Waals surface area contributed by atoms with Crippen LogP contribution in [-0.2, 0) is 17.8 Å². The van der Waals surface area contributed by atoms with Crippen molar-refractivity contribution in [2.75, 3.05) is 26.2 Å². The molecular weight excluding hydrogens is 338 g/mol. The maximum absolute atomic E-state index is 12.6. The number of nitrogens with zero attached hydrogens (tertiary/aromatic N) is 3. The van der Waals surface area contributed by atoms with Gasteiger partial charge in [0.15, 0.2) is 0 Å². The summed E-state index contributed by atoms with van der Waals surface area (Å²) in [7, 11) is 0. The first kappa shape index (κ1) is 17.7. The average Bonchev–Trinajstić information content (AvgIpc) is 2.85. The molecule has 1 N–H and O–H groups in total. The molecule has 1 aromatic heterocycles. The van der Waals surface area contributed by atoms with Crippen LogP contribution in [0, 0.1) is 0 Å². The molecule has 2 heterocycles. The van der Waals surface area contributed by atoms with Gasteiger partial charge in [0, 0.05) is 45.1 Å². The Kier molecular flexibility index (Phi) is 5.89. The van der Waals surface area contributed by atoms with E-state index < -0.39 is 0 Å². The summed E-state index contributed by atoms with van der Waals surface area (Å²) in [6.45, 7) is 4.20. The van der Waals surface area contributed by atoms with Gasteiger partial charge in [0.1, 0.15) is 5.75 Å². The molecule has 0 spiro atoms. The number of hydrogen-bond donors (Lipinski definition) is 1. The first-order chi connectivity index (χ1) is 12.1. The second-order valence-electron chi connectivity index (χ2n) is 6.33. The van der Waals surface area contributed by atoms with Crippen LogP contribution in [0.3, 0.4) is 0 Å². The molecule has 25 heavy (non-hydrogen) atoms. The smallest absolute Gasteiger partial charge is 0.227 e. The number of phenols is 1. The molecule has 2 aromatic rings. The molecule has 0 unspecified atom stereocenters. The van der Waals surface area contributed by atoms with Crippen LogP contribution in [0.4, 0.5) is 0 Å². The highest BCUT2D eigenvalue weighted by Crippen LogP contribution is 2.24. The molecule has 0 bridgehead atoms. The zero-order valence-electron chi connectivity index (χ0n) is 14.1. The summed E-state index contributed by atoms with van der Waals surface area (Å²) in [5, 5.41) is 9.76. The maximum Gasteiger partial charge on any atom is 0.227 e. The molecule has 1 aliphatic rings. The van der Waals surface area contributed by atoms with E-state index in [1.54, 1.807) is 18.3 Å². The topological polar surface area (TPSA) is 56.7 Å². The van der Waals surface area contributed by atoms with Crippen molar-refractivity contribution in [3.63, 3.8) is 0 Å². The molecule has 6 heteroatoms. The first-order valence-corrected chi connectivity index (χ1v) is 8.86. The number of amides is 1. The Hall–Kier alpha value is -2.11. The highest BCUT2D eigenvalue weighted by molar-refractivity contribution is 6.32. The predicted octanol–water partition coefficient (Wildman–Crippen LogP) is 2.72. The van der Waals surface area contributed by atoms with Gasteiger partial charge < -0.3 is 10.0 Å². The predicted molar refractivity (Wildman–Crippen MR) is 97.5 cm³/mol. The van der Waals surface area contributed by atoms with Gasteiger partial charge in [-0.15, -0.1) is 0 Å². The van der Waals surface area contributed by atoms with Crippen LogP contribution < -0.4 is 0 Å². The Balaban J connectivity index is 1.55. The minimum atomic E-state index is 0.0404. The Morgan fingerprint density at radius 3 is 2.80 bits per heavy atom. The van der Waals surface area contributed by atoms with Gasteiger partial charge in [0.2, 0.25) is 5.91 Å². The number of phenolic OH excluding ortho intramolecular Hbond substituents is 1. The molecule has 1 amide bonds. The molecule has 3 rings (SSSR count). The van der Waals surface area contributed by atoms with E-state index in [1.165, 1.54) is 11.6 Å². The van der Waals surface area contributed by atoms with Crippen molar-refractivity contribution in [2.45, 2.75) is 19.4 Å². The molecule has 1 aromatic carbocycles. The molecule has 1 fully saturated rings. The van der Waals surface area contributed by atoms with E-state index in [0.717, 1.165) is 44.7 Å². The number of carbonyl (C=O) groups is 1. The molecule has 132 valence electrons. The van der Waals surface area contributed by atoms with Crippen LogP contribution in [0.2, 0.25) is 5.02 Å². The van der Waals surface area contributed by atoms with Crippen molar-refractivity contribution in [3.8, 4) is 5.75 Å². The van der Waals surface area contributed by atoms with Crippen LogP contribution in [-0.4, -0.2) is 52.0 Å². The summed E-state index contributed by atoms with van der Waals surface area (Å²) in [5.41, 5.74) is 2.02. The van der Waals surface area contributed by atoms with E-state index in [-0.39, 0.29) is 16.7 Å². The zero-order valence-corrected chi connectivity index (χ0v) is 14.8. The Labute approximate surface area is 152 Å². The van der Waals surface area contributed by atoms with Crippen molar-refractivity contribution in [1.29, 1.82) is 0 Å². The second kappa shape index (κ2) is 8.32. The third-order valence-electron chi connectivity index (χ3n) is 4.44. The third-order valence-corrected chi connectivity index (χ3v) is 4.74. The van der Waals surface area contributed by atoms with E-state index in [4.69, 9.17) is 11.6 Å². The fourth-order valence-electron chi connectivity index (χ4n) is 3.08. The molecule has 0 aliphatic carbocycles. The summed E-state index contributed by atoms with van der Waals surface area (Å²) in [6.07, 6.45) is 4.94. The normalized spacial score (nSPS) is 15.8. The summed E-state index contributed by atoms with van der Waals surface area (Å²) in [5.74, 6) is 0.142. The molecule has 5 nitrogen and oxygen atoms in total. The van der Waals surface area contributed by atoms with E-state index in [0.29, 0.717) is 6.42 Å². The van der Waals surface area contributed by atoms with Gasteiger partial charge in [-0.25, -0.2) is 0 Å². The monoisotopic (exact) mass is 359 g/mol. The summed E-state index contributed by atoms with van der Waals surface area (Å²) in [6, 6.07) is 8.96. The standard InChI is InChI=1S/C19H22ClN3O2/c20-17-11-15(4-5-18(17)24)12-19(25)23-8-2-7-22(9-10-23)14-16-3-1-6-21-13-16/h1,3-6,11,13,24H,2,7-10,12,14H2. The number of pyridine rings is 1. The zero-order chi connectivity index (χ0) is 17.6. The fraction of sp³-hybridized carbons (Fsp3) is 0.368. The molecule has 1 aliphatic heterocycles. The van der Waals surface area contributed by atoms with E-state index >= 15 is 0 Å². The summed E-state index contributed by atoms with van der Waals surface area (Å²) >= 11 is 5.92. The number of benzene rings is 1. The third kappa shape index (κ3) is 4.94. The van der Waals surface area contributed by atoms with Gasteiger partial charge in [0.25, 0.3) is 0 Å². The lowest BCUT2D eigenvalue weighted by Gasteiger charge is -2.22. The lowest BCUT2D eigenvalue weighted by molar-refractivity contribution is -0.130. The van der Waals surface area contributed by atoms with Gasteiger partial charge >= 0.3 is 0 Å². The number of aromatic hydroxyl groups is 1. The largest absolute Gasteiger partial charge is 0.506 e. The minimum Gasteiger partial charge on any atom is -0.506 e. The van der Waals surface area contributed by atoms with Crippen LogP contribution >= 0.6 is 11.6 Å². The highest BCUT2D eigenvalue weighted by Gasteiger charge is 2.19. The van der Waals surface area contributed by atoms with Gasteiger partial charge in [0.05, 0.1) is 11.4 Å². The number of carbonyl (C=O) groups excluding carboxylic acids is 1. The van der Waals surface area contributed by atoms with Crippen molar-refractivity contribution in [3.05, 3.63) is 58.9 Å². The summed E-state index contributed by atoms with van der Waals surface area (Å²) in [4.78, 5) is 21.0. The SMILES string of the molecule is O=C(Cc1ccc(O)c(Cl)c1)N1CCCN(Cc2cccnc2)CC1. The van der Waals surface area contributed by atoms with E-state index in [2.05, 4.69) is 16.0 Å². The molecule has 0 atom stereocenters. The van der Waals surface area contributed by atoms with Gasteiger partial charge in [-0.1, -0.05) is 23.7 Å². The van der Waals surface area contributed by atoms with Gasteiger partial charge in [-0.2, -0.15) is 0 Å². The Bertz CT molecular complexity index is 724. The maximum atomic E-state index is 12.6. The van der Waals surface area contributed by atoms with Crippen molar-refractivity contribution in [1.82, 2.24) is 14.8 Å². The number of rotatable bonds is 4. The van der Waals surface area contributed by atoms with Gasteiger partial charge in [-0.05, 0) is 35.7 Å². The molecule has 0 radical (unpaired) electrons. The lowest BCUT2D eigenvalue weighted by Crippen LogP contribution is -2.36. The highest BCUT2D eigenvalue weighted by atomic mass is 35.5. The van der Waals surface area contributed by atoms with Crippen molar-refractivity contribution >= 4 is 17.5 Å². The van der Waals surface area contributed by atoms with Crippen molar-refractivity contribution in [2.24, 2.45) is 0 Å².